The molecule has 2 N–H and O–H groups in total. The molecular weight excluding hydrogens is 262 g/mol. The molecule has 3 nitrogen and oxygen atoms in total. The molecule has 21 heavy (non-hydrogen) atoms. The minimum absolute atomic E-state index is 0.297. The van der Waals surface area contributed by atoms with Crippen molar-refractivity contribution < 1.29 is 10.2 Å². The predicted molar refractivity (Wildman–Crippen MR) is 87.8 cm³/mol. The Bertz CT molecular complexity index is 490. The van der Waals surface area contributed by atoms with Gasteiger partial charge < -0.3 is 15.1 Å². The summed E-state index contributed by atoms with van der Waals surface area (Å²) in [6.07, 6.45) is 0.906. The Kier molecular flexibility index (Phi) is 4.36. The minimum Gasteiger partial charge on any atom is -0.393 e. The number of anilines is 1. The Labute approximate surface area is 128 Å². The Hall–Kier alpha value is -1.06. The lowest BCUT2D eigenvalue weighted by Crippen LogP contribution is -2.38. The van der Waals surface area contributed by atoms with Gasteiger partial charge in [-0.3, -0.25) is 0 Å². The Morgan fingerprint density at radius 3 is 2.48 bits per heavy atom. The molecule has 2 rings (SSSR count). The van der Waals surface area contributed by atoms with Crippen molar-refractivity contribution in [2.24, 2.45) is 5.41 Å². The quantitative estimate of drug-likeness (QED) is 0.876. The van der Waals surface area contributed by atoms with Gasteiger partial charge in [0.2, 0.25) is 0 Å². The summed E-state index contributed by atoms with van der Waals surface area (Å²) in [5.74, 6) is 0.363. The molecule has 0 aliphatic carbocycles. The van der Waals surface area contributed by atoms with Gasteiger partial charge in [0.15, 0.2) is 0 Å². The zero-order valence-corrected chi connectivity index (χ0v) is 13.9. The molecule has 0 aromatic heterocycles. The highest BCUT2D eigenvalue weighted by Gasteiger charge is 2.37. The fraction of sp³-hybridized carbons (Fsp3) is 0.667. The highest BCUT2D eigenvalue weighted by Crippen LogP contribution is 2.41. The largest absolute Gasteiger partial charge is 0.393 e. The molecule has 0 amide bonds. The van der Waals surface area contributed by atoms with Crippen LogP contribution in [-0.2, 0) is 0 Å². The second-order valence-electron chi connectivity index (χ2n) is 7.87. The second kappa shape index (κ2) is 5.62. The molecule has 2 atom stereocenters. The number of likely N-dealkylation sites (N-methyl/N-ethyl adjacent to an activating group) is 1. The maximum absolute atomic E-state index is 10.7. The lowest BCUT2D eigenvalue weighted by Gasteiger charge is -2.36. The van der Waals surface area contributed by atoms with Crippen LogP contribution in [0, 0.1) is 5.41 Å². The smallest absolute Gasteiger partial charge is 0.0598 e. The number of hydrogen-bond acceptors (Lipinski definition) is 3. The average molecular weight is 291 g/mol. The van der Waals surface area contributed by atoms with Crippen LogP contribution in [0.25, 0.3) is 0 Å². The first-order chi connectivity index (χ1) is 9.60. The third-order valence-electron chi connectivity index (χ3n) is 4.58. The SMILES string of the molecule is CN1CC(CC(O)C(C)(C)CC(C)(C)O)c2ccccc21. The molecule has 0 saturated heterocycles. The predicted octanol–water partition coefficient (Wildman–Crippen LogP) is 3.16. The number of hydrogen-bond donors (Lipinski definition) is 2. The van der Waals surface area contributed by atoms with E-state index in [4.69, 9.17) is 0 Å². The van der Waals surface area contributed by atoms with Crippen LogP contribution in [0.4, 0.5) is 5.69 Å². The molecule has 1 aliphatic heterocycles. The Morgan fingerprint density at radius 1 is 1.24 bits per heavy atom. The monoisotopic (exact) mass is 291 g/mol. The van der Waals surface area contributed by atoms with E-state index >= 15 is 0 Å². The van der Waals surface area contributed by atoms with Gasteiger partial charge in [-0.1, -0.05) is 32.0 Å². The molecule has 1 heterocycles. The van der Waals surface area contributed by atoms with Crippen LogP contribution in [0.5, 0.6) is 0 Å². The van der Waals surface area contributed by atoms with Gasteiger partial charge in [0.1, 0.15) is 0 Å². The summed E-state index contributed by atoms with van der Waals surface area (Å²) in [5.41, 5.74) is 1.55. The molecule has 118 valence electrons. The van der Waals surface area contributed by atoms with Crippen molar-refractivity contribution >= 4 is 5.69 Å². The van der Waals surface area contributed by atoms with Crippen molar-refractivity contribution in [1.29, 1.82) is 0 Å². The van der Waals surface area contributed by atoms with E-state index < -0.39 is 11.7 Å². The summed E-state index contributed by atoms with van der Waals surface area (Å²) >= 11 is 0. The normalized spacial score (nSPS) is 20.5. The van der Waals surface area contributed by atoms with Gasteiger partial charge in [0.25, 0.3) is 0 Å². The number of aliphatic hydroxyl groups excluding tert-OH is 1. The van der Waals surface area contributed by atoms with Crippen molar-refractivity contribution in [3.05, 3.63) is 29.8 Å². The average Bonchev–Trinajstić information content (AvgIpc) is 2.64. The van der Waals surface area contributed by atoms with Gasteiger partial charge in [0.05, 0.1) is 11.7 Å². The van der Waals surface area contributed by atoms with Crippen LogP contribution >= 0.6 is 0 Å². The van der Waals surface area contributed by atoms with Crippen LogP contribution in [0.2, 0.25) is 0 Å². The minimum atomic E-state index is -0.755. The number of aliphatic hydroxyl groups is 2. The van der Waals surface area contributed by atoms with E-state index in [0.29, 0.717) is 12.3 Å². The highest BCUT2D eigenvalue weighted by atomic mass is 16.3. The summed E-state index contributed by atoms with van der Waals surface area (Å²) in [6.45, 7) is 8.65. The summed E-state index contributed by atoms with van der Waals surface area (Å²) in [6, 6.07) is 8.44. The third-order valence-corrected chi connectivity index (χ3v) is 4.58. The molecule has 1 aromatic rings. The van der Waals surface area contributed by atoms with E-state index in [1.165, 1.54) is 11.3 Å². The summed E-state index contributed by atoms with van der Waals surface area (Å²) in [5, 5.41) is 20.7. The maximum atomic E-state index is 10.7. The molecule has 3 heteroatoms. The van der Waals surface area contributed by atoms with Crippen molar-refractivity contribution in [2.75, 3.05) is 18.5 Å². The van der Waals surface area contributed by atoms with Gasteiger partial charge in [-0.15, -0.1) is 0 Å². The molecule has 0 fully saturated rings. The van der Waals surface area contributed by atoms with Crippen molar-refractivity contribution in [2.45, 2.75) is 58.2 Å². The molecular formula is C18H29NO2. The van der Waals surface area contributed by atoms with Crippen LogP contribution in [0.15, 0.2) is 24.3 Å². The Morgan fingerprint density at radius 2 is 1.86 bits per heavy atom. The topological polar surface area (TPSA) is 43.7 Å². The number of benzene rings is 1. The molecule has 1 aliphatic rings. The molecule has 0 radical (unpaired) electrons. The van der Waals surface area contributed by atoms with Crippen LogP contribution in [0.1, 0.15) is 52.0 Å². The van der Waals surface area contributed by atoms with Gasteiger partial charge in [-0.2, -0.15) is 0 Å². The van der Waals surface area contributed by atoms with Crippen LogP contribution < -0.4 is 4.90 Å². The summed E-state index contributed by atoms with van der Waals surface area (Å²) < 4.78 is 0. The van der Waals surface area contributed by atoms with Crippen molar-refractivity contribution in [3.63, 3.8) is 0 Å². The summed E-state index contributed by atoms with van der Waals surface area (Å²) in [7, 11) is 2.10. The first-order valence-electron chi connectivity index (χ1n) is 7.81. The molecule has 2 unspecified atom stereocenters. The number of rotatable bonds is 5. The van der Waals surface area contributed by atoms with E-state index in [-0.39, 0.29) is 5.41 Å². The van der Waals surface area contributed by atoms with E-state index in [9.17, 15) is 10.2 Å². The maximum Gasteiger partial charge on any atom is 0.0598 e. The van der Waals surface area contributed by atoms with E-state index in [2.05, 4.69) is 36.2 Å². The molecule has 1 aromatic carbocycles. The Balaban J connectivity index is 2.09. The lowest BCUT2D eigenvalue weighted by molar-refractivity contribution is -0.0323. The van der Waals surface area contributed by atoms with Gasteiger partial charge >= 0.3 is 0 Å². The molecule has 0 spiro atoms. The summed E-state index contributed by atoms with van der Waals surface area (Å²) in [4.78, 5) is 2.26. The standard InChI is InChI=1S/C18H29NO2/c1-17(2,12-18(3,4)21)16(20)10-13-11-19(5)15-9-7-6-8-14(13)15/h6-9,13,16,20-21H,10-12H2,1-5H3. The zero-order valence-electron chi connectivity index (χ0n) is 13.9. The molecule has 0 saturated carbocycles. The number of nitrogens with zero attached hydrogens (tertiary/aromatic N) is 1. The number of fused-ring (bicyclic) bond motifs is 1. The first kappa shape index (κ1) is 16.3. The molecule has 0 bridgehead atoms. The highest BCUT2D eigenvalue weighted by molar-refractivity contribution is 5.59. The lowest BCUT2D eigenvalue weighted by atomic mass is 9.74. The van der Waals surface area contributed by atoms with Crippen molar-refractivity contribution in [1.82, 2.24) is 0 Å². The fourth-order valence-corrected chi connectivity index (χ4v) is 3.73. The van der Waals surface area contributed by atoms with Gasteiger partial charge in [0, 0.05) is 25.2 Å². The van der Waals surface area contributed by atoms with Crippen LogP contribution in [0.3, 0.4) is 0 Å². The van der Waals surface area contributed by atoms with Crippen molar-refractivity contribution in [3.8, 4) is 0 Å². The van der Waals surface area contributed by atoms with E-state index in [1.807, 2.05) is 13.8 Å². The third kappa shape index (κ3) is 3.78. The first-order valence-corrected chi connectivity index (χ1v) is 7.81. The second-order valence-corrected chi connectivity index (χ2v) is 7.87. The fourth-order valence-electron chi connectivity index (χ4n) is 3.73. The van der Waals surface area contributed by atoms with Gasteiger partial charge in [-0.25, -0.2) is 0 Å². The van der Waals surface area contributed by atoms with Gasteiger partial charge in [-0.05, 0) is 43.7 Å². The number of para-hydroxylation sites is 1. The van der Waals surface area contributed by atoms with E-state index in [0.717, 1.165) is 13.0 Å². The van der Waals surface area contributed by atoms with Crippen LogP contribution in [-0.4, -0.2) is 35.5 Å². The zero-order chi connectivity index (χ0) is 15.8. The van der Waals surface area contributed by atoms with E-state index in [1.54, 1.807) is 13.8 Å².